The Balaban J connectivity index is 0.00000288. The minimum absolute atomic E-state index is 0. The Kier molecular flexibility index (Phi) is 8.82. The third-order valence-corrected chi connectivity index (χ3v) is 5.82. The summed E-state index contributed by atoms with van der Waals surface area (Å²) in [6.45, 7) is 1.36. The third kappa shape index (κ3) is 6.46. The van der Waals surface area contributed by atoms with Gasteiger partial charge in [0.2, 0.25) is 0 Å². The van der Waals surface area contributed by atoms with Crippen molar-refractivity contribution in [2.45, 2.75) is 12.8 Å². The van der Waals surface area contributed by atoms with E-state index in [2.05, 4.69) is 15.6 Å². The van der Waals surface area contributed by atoms with Crippen molar-refractivity contribution >= 4 is 39.8 Å². The fourth-order valence-electron chi connectivity index (χ4n) is 2.72. The summed E-state index contributed by atoms with van der Waals surface area (Å²) in [5.41, 5.74) is 1.14. The van der Waals surface area contributed by atoms with Crippen LogP contribution < -0.4 is 15.4 Å². The molecule has 24 heavy (non-hydrogen) atoms. The predicted octanol–water partition coefficient (Wildman–Crippen LogP) is 1.46. The Morgan fingerprint density at radius 2 is 2.08 bits per heavy atom. The number of hydrogen-bond acceptors (Lipinski definition) is 4. The molecule has 0 spiro atoms. The van der Waals surface area contributed by atoms with E-state index in [1.54, 1.807) is 14.2 Å². The zero-order chi connectivity index (χ0) is 16.7. The van der Waals surface area contributed by atoms with Gasteiger partial charge in [0.05, 0.1) is 18.6 Å². The number of methoxy groups -OCH3 is 1. The van der Waals surface area contributed by atoms with Crippen molar-refractivity contribution < 1.29 is 13.2 Å². The fraction of sp³-hybridized carbons (Fsp3) is 0.562. The van der Waals surface area contributed by atoms with Gasteiger partial charge in [-0.05, 0) is 30.4 Å². The van der Waals surface area contributed by atoms with Crippen LogP contribution in [0.4, 0.5) is 0 Å². The Morgan fingerprint density at radius 3 is 2.71 bits per heavy atom. The molecule has 0 amide bonds. The largest absolute Gasteiger partial charge is 0.496 e. The molecule has 1 aromatic rings. The Bertz CT molecular complexity index is 650. The Hall–Kier alpha value is -1.03. The first-order valence-electron chi connectivity index (χ1n) is 7.81. The second-order valence-electron chi connectivity index (χ2n) is 5.71. The summed E-state index contributed by atoms with van der Waals surface area (Å²) in [5.74, 6) is 2.34. The van der Waals surface area contributed by atoms with Crippen molar-refractivity contribution in [3.8, 4) is 5.75 Å². The molecule has 1 aromatic carbocycles. The van der Waals surface area contributed by atoms with Crippen molar-refractivity contribution in [1.29, 1.82) is 0 Å². The molecule has 1 aliphatic rings. The molecular weight excluding hydrogens is 441 g/mol. The van der Waals surface area contributed by atoms with Crippen LogP contribution in [0.1, 0.15) is 12.0 Å². The number of guanidine groups is 1. The van der Waals surface area contributed by atoms with E-state index in [4.69, 9.17) is 4.74 Å². The number of nitrogens with zero attached hydrogens (tertiary/aromatic N) is 1. The molecule has 0 radical (unpaired) electrons. The second-order valence-corrected chi connectivity index (χ2v) is 7.94. The standard InChI is InChI=1S/C16H25N3O3S.HI/c1-17-16(19-11-13-8-10-23(20,21)12-13)18-9-7-14-5-3-4-6-15(14)22-2;/h3-6,13H,7-12H2,1-2H3,(H2,17,18,19);1H. The number of ether oxygens (including phenoxy) is 1. The molecule has 8 heteroatoms. The number of aliphatic imine (C=N–C) groups is 1. The van der Waals surface area contributed by atoms with E-state index >= 15 is 0 Å². The van der Waals surface area contributed by atoms with Gasteiger partial charge in [0.25, 0.3) is 0 Å². The topological polar surface area (TPSA) is 79.8 Å². The van der Waals surface area contributed by atoms with E-state index in [-0.39, 0.29) is 35.6 Å². The maximum atomic E-state index is 11.5. The monoisotopic (exact) mass is 467 g/mol. The van der Waals surface area contributed by atoms with Crippen molar-refractivity contribution in [1.82, 2.24) is 10.6 Å². The first kappa shape index (κ1) is 21.0. The normalized spacial score (nSPS) is 19.4. The van der Waals surface area contributed by atoms with Crippen LogP contribution >= 0.6 is 24.0 Å². The van der Waals surface area contributed by atoms with Gasteiger partial charge in [0.15, 0.2) is 15.8 Å². The number of hydrogen-bond donors (Lipinski definition) is 2. The van der Waals surface area contributed by atoms with E-state index in [0.29, 0.717) is 18.3 Å². The molecule has 1 aliphatic heterocycles. The summed E-state index contributed by atoms with van der Waals surface area (Å²) in [6.07, 6.45) is 1.55. The van der Waals surface area contributed by atoms with Gasteiger partial charge in [-0.15, -0.1) is 24.0 Å². The highest BCUT2D eigenvalue weighted by atomic mass is 127. The molecule has 1 saturated heterocycles. The highest BCUT2D eigenvalue weighted by molar-refractivity contribution is 14.0. The van der Waals surface area contributed by atoms with Crippen molar-refractivity contribution in [2.75, 3.05) is 38.8 Å². The van der Waals surface area contributed by atoms with Gasteiger partial charge >= 0.3 is 0 Å². The Morgan fingerprint density at radius 1 is 1.33 bits per heavy atom. The fourth-order valence-corrected chi connectivity index (χ4v) is 4.58. The highest BCUT2D eigenvalue weighted by Gasteiger charge is 2.27. The molecule has 1 heterocycles. The highest BCUT2D eigenvalue weighted by Crippen LogP contribution is 2.18. The van der Waals surface area contributed by atoms with Crippen LogP contribution in [0.15, 0.2) is 29.3 Å². The smallest absolute Gasteiger partial charge is 0.190 e. The van der Waals surface area contributed by atoms with E-state index < -0.39 is 9.84 Å². The molecule has 136 valence electrons. The number of rotatable bonds is 6. The van der Waals surface area contributed by atoms with Crippen LogP contribution in [0.25, 0.3) is 0 Å². The number of nitrogens with one attached hydrogen (secondary N) is 2. The molecule has 2 N–H and O–H groups in total. The summed E-state index contributed by atoms with van der Waals surface area (Å²) in [5, 5.41) is 6.45. The molecule has 0 saturated carbocycles. The van der Waals surface area contributed by atoms with Crippen LogP contribution in [0.2, 0.25) is 0 Å². The minimum Gasteiger partial charge on any atom is -0.496 e. The average Bonchev–Trinajstić information content (AvgIpc) is 2.90. The van der Waals surface area contributed by atoms with Crippen molar-refractivity contribution in [3.05, 3.63) is 29.8 Å². The van der Waals surface area contributed by atoms with Crippen LogP contribution in [0.3, 0.4) is 0 Å². The van der Waals surface area contributed by atoms with Crippen LogP contribution in [-0.2, 0) is 16.3 Å². The zero-order valence-corrected chi connectivity index (χ0v) is 17.3. The van der Waals surface area contributed by atoms with Gasteiger partial charge in [-0.25, -0.2) is 8.42 Å². The molecule has 0 aliphatic carbocycles. The van der Waals surface area contributed by atoms with Crippen LogP contribution in [0.5, 0.6) is 5.75 Å². The molecule has 1 atom stereocenters. The quantitative estimate of drug-likeness (QED) is 0.376. The predicted molar refractivity (Wildman–Crippen MR) is 108 cm³/mol. The van der Waals surface area contributed by atoms with Crippen LogP contribution in [0, 0.1) is 5.92 Å². The molecule has 1 fully saturated rings. The van der Waals surface area contributed by atoms with Crippen molar-refractivity contribution in [3.63, 3.8) is 0 Å². The molecule has 0 aromatic heterocycles. The summed E-state index contributed by atoms with van der Waals surface area (Å²) in [4.78, 5) is 4.17. The summed E-state index contributed by atoms with van der Waals surface area (Å²) in [7, 11) is 0.556. The lowest BCUT2D eigenvalue weighted by Crippen LogP contribution is -2.40. The lowest BCUT2D eigenvalue weighted by atomic mass is 10.1. The minimum atomic E-state index is -2.82. The maximum Gasteiger partial charge on any atom is 0.190 e. The number of para-hydroxylation sites is 1. The van der Waals surface area contributed by atoms with Gasteiger partial charge in [-0.3, -0.25) is 4.99 Å². The number of benzene rings is 1. The van der Waals surface area contributed by atoms with Crippen molar-refractivity contribution in [2.24, 2.45) is 10.9 Å². The average molecular weight is 467 g/mol. The van der Waals surface area contributed by atoms with E-state index in [0.717, 1.165) is 30.7 Å². The van der Waals surface area contributed by atoms with Gasteiger partial charge < -0.3 is 15.4 Å². The molecule has 2 rings (SSSR count). The summed E-state index contributed by atoms with van der Waals surface area (Å²) < 4.78 is 28.3. The van der Waals surface area contributed by atoms with Gasteiger partial charge in [0, 0.05) is 20.1 Å². The SMILES string of the molecule is CN=C(NCCc1ccccc1OC)NCC1CCS(=O)(=O)C1.I. The molecule has 0 bridgehead atoms. The number of sulfone groups is 1. The van der Waals surface area contributed by atoms with E-state index in [9.17, 15) is 8.42 Å². The summed E-state index contributed by atoms with van der Waals surface area (Å²) >= 11 is 0. The third-order valence-electron chi connectivity index (χ3n) is 3.99. The second kappa shape index (κ2) is 10.1. The first-order chi connectivity index (χ1) is 11.0. The van der Waals surface area contributed by atoms with Gasteiger partial charge in [-0.1, -0.05) is 18.2 Å². The lowest BCUT2D eigenvalue weighted by molar-refractivity contribution is 0.409. The van der Waals surface area contributed by atoms with E-state index in [1.165, 1.54) is 0 Å². The molecular formula is C16H26IN3O3S. The maximum absolute atomic E-state index is 11.5. The van der Waals surface area contributed by atoms with Gasteiger partial charge in [-0.2, -0.15) is 0 Å². The zero-order valence-electron chi connectivity index (χ0n) is 14.1. The van der Waals surface area contributed by atoms with Gasteiger partial charge in [0.1, 0.15) is 5.75 Å². The summed E-state index contributed by atoms with van der Waals surface area (Å²) in [6, 6.07) is 7.93. The molecule has 6 nitrogen and oxygen atoms in total. The van der Waals surface area contributed by atoms with Crippen LogP contribution in [-0.4, -0.2) is 53.1 Å². The van der Waals surface area contributed by atoms with E-state index in [1.807, 2.05) is 24.3 Å². The lowest BCUT2D eigenvalue weighted by Gasteiger charge is -2.15. The number of halogens is 1. The Labute approximate surface area is 161 Å². The molecule has 1 unspecified atom stereocenters. The first-order valence-corrected chi connectivity index (χ1v) is 9.63.